The SMILES string of the molecule is CCNC(=NCc1ccc(N2CCCC2)nc1)NCCOC1CCCCCC1. The van der Waals surface area contributed by atoms with Gasteiger partial charge in [0.1, 0.15) is 5.82 Å². The van der Waals surface area contributed by atoms with E-state index in [4.69, 9.17) is 9.73 Å². The third kappa shape index (κ3) is 6.97. The second kappa shape index (κ2) is 11.9. The first kappa shape index (κ1) is 20.9. The molecule has 0 atom stereocenters. The fourth-order valence-electron chi connectivity index (χ4n) is 3.96. The molecule has 2 heterocycles. The number of rotatable bonds is 8. The van der Waals surface area contributed by atoms with Gasteiger partial charge >= 0.3 is 0 Å². The van der Waals surface area contributed by atoms with E-state index in [0.717, 1.165) is 50.1 Å². The zero-order valence-electron chi connectivity index (χ0n) is 17.5. The summed E-state index contributed by atoms with van der Waals surface area (Å²) in [6, 6.07) is 4.26. The van der Waals surface area contributed by atoms with Gasteiger partial charge in [-0.3, -0.25) is 0 Å². The maximum Gasteiger partial charge on any atom is 0.191 e. The lowest BCUT2D eigenvalue weighted by molar-refractivity contribution is 0.0468. The van der Waals surface area contributed by atoms with E-state index in [0.29, 0.717) is 12.6 Å². The molecule has 6 nitrogen and oxygen atoms in total. The van der Waals surface area contributed by atoms with Crippen LogP contribution in [0.5, 0.6) is 0 Å². The van der Waals surface area contributed by atoms with Crippen LogP contribution in [0.3, 0.4) is 0 Å². The lowest BCUT2D eigenvalue weighted by Crippen LogP contribution is -2.39. The maximum atomic E-state index is 6.06. The molecule has 2 N–H and O–H groups in total. The summed E-state index contributed by atoms with van der Waals surface area (Å²) in [5.41, 5.74) is 1.13. The van der Waals surface area contributed by atoms with Crippen LogP contribution < -0.4 is 15.5 Å². The summed E-state index contributed by atoms with van der Waals surface area (Å²) in [5, 5.41) is 6.70. The zero-order chi connectivity index (χ0) is 19.4. The van der Waals surface area contributed by atoms with Gasteiger partial charge < -0.3 is 20.3 Å². The fraction of sp³-hybridized carbons (Fsp3) is 0.727. The van der Waals surface area contributed by atoms with Crippen LogP contribution in [0.15, 0.2) is 23.3 Å². The number of aromatic nitrogens is 1. The Morgan fingerprint density at radius 3 is 2.57 bits per heavy atom. The van der Waals surface area contributed by atoms with Crippen molar-refractivity contribution in [1.82, 2.24) is 15.6 Å². The lowest BCUT2D eigenvalue weighted by Gasteiger charge is -2.17. The molecule has 0 amide bonds. The highest BCUT2D eigenvalue weighted by Crippen LogP contribution is 2.19. The van der Waals surface area contributed by atoms with Gasteiger partial charge in [-0.05, 0) is 44.2 Å². The Morgan fingerprint density at radius 2 is 1.89 bits per heavy atom. The molecule has 0 aromatic carbocycles. The van der Waals surface area contributed by atoms with E-state index in [2.05, 4.69) is 39.6 Å². The summed E-state index contributed by atoms with van der Waals surface area (Å²) in [7, 11) is 0. The van der Waals surface area contributed by atoms with Crippen LogP contribution in [-0.4, -0.2) is 49.8 Å². The third-order valence-corrected chi connectivity index (χ3v) is 5.55. The van der Waals surface area contributed by atoms with Crippen molar-refractivity contribution in [2.24, 2.45) is 4.99 Å². The third-order valence-electron chi connectivity index (χ3n) is 5.55. The first-order chi connectivity index (χ1) is 13.8. The van der Waals surface area contributed by atoms with E-state index < -0.39 is 0 Å². The Hall–Kier alpha value is -1.82. The number of aliphatic imine (C=N–C) groups is 1. The van der Waals surface area contributed by atoms with Crippen LogP contribution in [0.25, 0.3) is 0 Å². The number of ether oxygens (including phenoxy) is 1. The zero-order valence-corrected chi connectivity index (χ0v) is 17.5. The summed E-state index contributed by atoms with van der Waals surface area (Å²) in [5.74, 6) is 1.93. The Kier molecular flexibility index (Phi) is 8.88. The highest BCUT2D eigenvalue weighted by molar-refractivity contribution is 5.79. The number of anilines is 1. The topological polar surface area (TPSA) is 61.8 Å². The van der Waals surface area contributed by atoms with Crippen molar-refractivity contribution in [3.63, 3.8) is 0 Å². The smallest absolute Gasteiger partial charge is 0.191 e. The molecule has 6 heteroatoms. The summed E-state index contributed by atoms with van der Waals surface area (Å²) in [6.07, 6.45) is 12.7. The molecule has 0 unspecified atom stereocenters. The van der Waals surface area contributed by atoms with Gasteiger partial charge in [0.05, 0.1) is 19.3 Å². The molecule has 3 rings (SSSR count). The second-order valence-electron chi connectivity index (χ2n) is 7.83. The molecule has 2 aliphatic rings. The predicted octanol–water partition coefficient (Wildman–Crippen LogP) is 3.48. The average Bonchev–Trinajstić information content (AvgIpc) is 3.14. The highest BCUT2D eigenvalue weighted by atomic mass is 16.5. The number of nitrogens with one attached hydrogen (secondary N) is 2. The van der Waals surface area contributed by atoms with Crippen LogP contribution in [0.4, 0.5) is 5.82 Å². The van der Waals surface area contributed by atoms with Gasteiger partial charge in [-0.25, -0.2) is 9.98 Å². The predicted molar refractivity (Wildman–Crippen MR) is 116 cm³/mol. The van der Waals surface area contributed by atoms with Crippen LogP contribution in [0.1, 0.15) is 63.9 Å². The van der Waals surface area contributed by atoms with Gasteiger partial charge in [0.2, 0.25) is 0 Å². The van der Waals surface area contributed by atoms with Crippen molar-refractivity contribution in [3.8, 4) is 0 Å². The quantitative estimate of drug-likeness (QED) is 0.309. The normalized spacial score (nSPS) is 18.9. The van der Waals surface area contributed by atoms with Crippen molar-refractivity contribution in [2.75, 3.05) is 37.7 Å². The molecule has 0 spiro atoms. The molecule has 28 heavy (non-hydrogen) atoms. The van der Waals surface area contributed by atoms with E-state index in [9.17, 15) is 0 Å². The number of guanidine groups is 1. The number of nitrogens with zero attached hydrogens (tertiary/aromatic N) is 3. The van der Waals surface area contributed by atoms with Gasteiger partial charge in [0, 0.05) is 32.4 Å². The number of pyridine rings is 1. The summed E-state index contributed by atoms with van der Waals surface area (Å²) < 4.78 is 6.06. The minimum atomic E-state index is 0.448. The lowest BCUT2D eigenvalue weighted by atomic mass is 10.1. The Balaban J connectivity index is 1.41. The van der Waals surface area contributed by atoms with Crippen LogP contribution in [0, 0.1) is 0 Å². The van der Waals surface area contributed by atoms with Crippen molar-refractivity contribution in [2.45, 2.75) is 70.9 Å². The van der Waals surface area contributed by atoms with Crippen LogP contribution in [-0.2, 0) is 11.3 Å². The maximum absolute atomic E-state index is 6.06. The van der Waals surface area contributed by atoms with E-state index in [1.54, 1.807) is 0 Å². The van der Waals surface area contributed by atoms with Crippen molar-refractivity contribution < 1.29 is 4.74 Å². The Labute approximate surface area is 170 Å². The van der Waals surface area contributed by atoms with E-state index in [1.807, 2.05) is 6.20 Å². The summed E-state index contributed by atoms with van der Waals surface area (Å²) in [6.45, 7) is 7.35. The first-order valence-corrected chi connectivity index (χ1v) is 11.2. The van der Waals surface area contributed by atoms with E-state index in [1.165, 1.54) is 51.4 Å². The van der Waals surface area contributed by atoms with Crippen molar-refractivity contribution >= 4 is 11.8 Å². The van der Waals surface area contributed by atoms with E-state index >= 15 is 0 Å². The van der Waals surface area contributed by atoms with Gasteiger partial charge in [-0.1, -0.05) is 31.7 Å². The largest absolute Gasteiger partial charge is 0.376 e. The van der Waals surface area contributed by atoms with Gasteiger partial charge in [0.25, 0.3) is 0 Å². The highest BCUT2D eigenvalue weighted by Gasteiger charge is 2.13. The van der Waals surface area contributed by atoms with Crippen molar-refractivity contribution in [3.05, 3.63) is 23.9 Å². The molecule has 1 aromatic heterocycles. The molecule has 1 aliphatic heterocycles. The Bertz CT molecular complexity index is 575. The average molecular weight is 388 g/mol. The van der Waals surface area contributed by atoms with E-state index in [-0.39, 0.29) is 0 Å². The van der Waals surface area contributed by atoms with Gasteiger partial charge in [0.15, 0.2) is 5.96 Å². The van der Waals surface area contributed by atoms with Crippen LogP contribution >= 0.6 is 0 Å². The van der Waals surface area contributed by atoms with Gasteiger partial charge in [-0.2, -0.15) is 0 Å². The minimum absolute atomic E-state index is 0.448. The second-order valence-corrected chi connectivity index (χ2v) is 7.83. The molecular formula is C22H37N5O. The first-order valence-electron chi connectivity index (χ1n) is 11.2. The van der Waals surface area contributed by atoms with Crippen molar-refractivity contribution in [1.29, 1.82) is 0 Å². The van der Waals surface area contributed by atoms with Gasteiger partial charge in [-0.15, -0.1) is 0 Å². The number of hydrogen-bond acceptors (Lipinski definition) is 4. The Morgan fingerprint density at radius 1 is 1.11 bits per heavy atom. The monoisotopic (exact) mass is 387 g/mol. The van der Waals surface area contributed by atoms with Crippen LogP contribution in [0.2, 0.25) is 0 Å². The number of hydrogen-bond donors (Lipinski definition) is 2. The minimum Gasteiger partial charge on any atom is -0.376 e. The molecule has 1 saturated heterocycles. The molecule has 1 aliphatic carbocycles. The molecule has 0 bridgehead atoms. The fourth-order valence-corrected chi connectivity index (χ4v) is 3.96. The summed E-state index contributed by atoms with van der Waals surface area (Å²) in [4.78, 5) is 11.7. The standard InChI is InChI=1S/C22H37N5O/c1-2-23-22(24-13-16-28-20-9-5-3-4-6-10-20)26-18-19-11-12-21(25-17-19)27-14-7-8-15-27/h11-12,17,20H,2-10,13-16,18H2,1H3,(H2,23,24,26). The molecule has 2 fully saturated rings. The molecule has 156 valence electrons. The molecule has 0 radical (unpaired) electrons. The molecule has 1 saturated carbocycles. The molecular weight excluding hydrogens is 350 g/mol. The molecule has 1 aromatic rings. The summed E-state index contributed by atoms with van der Waals surface area (Å²) >= 11 is 0.